The predicted octanol–water partition coefficient (Wildman–Crippen LogP) is 2.20. The summed E-state index contributed by atoms with van der Waals surface area (Å²) >= 11 is 5.36. The molecule has 0 radical (unpaired) electrons. The van der Waals surface area contributed by atoms with Gasteiger partial charge in [0.2, 0.25) is 0 Å². The molecule has 0 spiro atoms. The second-order valence-electron chi connectivity index (χ2n) is 7.31. The standard InChI is InChI=1S/C24H35N5O4S2/c25-20(14-10-11-15-26-24(33)27-16-17-34)22(30)29-28-21(23(31)32)18-35-19-12-8-6-4-2-1-3-5-7-9-13-19/h1-9,12-13,20-21,28,34H,10-11,14-18,25H2,(H,29,30)(H,31,32)(H2,26,27,33)/b2-1-,3-1?,4-2?,5-3-,6-4-,7-5?,8-6?,9-7-,12-8-,13-9?,19-12?,19-13+. The molecule has 35 heavy (non-hydrogen) atoms. The molecule has 1 aliphatic carbocycles. The minimum atomic E-state index is -1.09. The Morgan fingerprint density at radius 1 is 0.943 bits per heavy atom. The lowest BCUT2D eigenvalue weighted by molar-refractivity contribution is -0.139. The van der Waals surface area contributed by atoms with Gasteiger partial charge in [-0.1, -0.05) is 54.7 Å². The predicted molar refractivity (Wildman–Crippen MR) is 146 cm³/mol. The maximum absolute atomic E-state index is 12.2. The Kier molecular flexibility index (Phi) is 16.9. The third-order valence-electron chi connectivity index (χ3n) is 4.46. The van der Waals surface area contributed by atoms with Crippen molar-refractivity contribution in [2.75, 3.05) is 24.6 Å². The van der Waals surface area contributed by atoms with Gasteiger partial charge in [-0.3, -0.25) is 15.0 Å². The van der Waals surface area contributed by atoms with E-state index in [1.54, 1.807) is 0 Å². The van der Waals surface area contributed by atoms with Crippen LogP contribution >= 0.6 is 24.4 Å². The lowest BCUT2D eigenvalue weighted by Gasteiger charge is -2.17. The molecule has 9 nitrogen and oxygen atoms in total. The summed E-state index contributed by atoms with van der Waals surface area (Å²) in [5, 5.41) is 14.9. The molecule has 1 aliphatic rings. The van der Waals surface area contributed by atoms with Crippen LogP contribution in [0.5, 0.6) is 0 Å². The first-order chi connectivity index (χ1) is 16.9. The van der Waals surface area contributed by atoms with Crippen molar-refractivity contribution in [1.29, 1.82) is 0 Å². The van der Waals surface area contributed by atoms with Gasteiger partial charge in [0.05, 0.1) is 6.04 Å². The number of carbonyl (C=O) groups excluding carboxylic acids is 2. The Bertz CT molecular complexity index is 853. The number of rotatable bonds is 14. The van der Waals surface area contributed by atoms with Crippen molar-refractivity contribution < 1.29 is 19.5 Å². The van der Waals surface area contributed by atoms with Gasteiger partial charge in [0.25, 0.3) is 5.91 Å². The molecule has 11 heteroatoms. The Hall–Kier alpha value is -2.73. The smallest absolute Gasteiger partial charge is 0.323 e. The number of nitrogens with two attached hydrogens (primary N) is 1. The highest BCUT2D eigenvalue weighted by Gasteiger charge is 2.20. The zero-order chi connectivity index (χ0) is 25.7. The number of allylic oxidation sites excluding steroid dienone is 11. The van der Waals surface area contributed by atoms with Crippen LogP contribution in [0.2, 0.25) is 0 Å². The number of thioether (sulfide) groups is 1. The molecule has 1 rings (SSSR count). The van der Waals surface area contributed by atoms with Crippen LogP contribution in [0.1, 0.15) is 19.3 Å². The normalized spacial score (nSPS) is 20.9. The topological polar surface area (TPSA) is 146 Å². The van der Waals surface area contributed by atoms with Crippen molar-refractivity contribution in [3.8, 4) is 0 Å². The van der Waals surface area contributed by atoms with Crippen LogP contribution in [0.25, 0.3) is 0 Å². The number of unbranched alkanes of at least 4 members (excludes halogenated alkanes) is 1. The second kappa shape index (κ2) is 19.6. The van der Waals surface area contributed by atoms with E-state index < -0.39 is 24.0 Å². The van der Waals surface area contributed by atoms with Crippen LogP contribution in [-0.2, 0) is 9.59 Å². The molecule has 0 saturated heterocycles. The Morgan fingerprint density at radius 3 is 2.23 bits per heavy atom. The van der Waals surface area contributed by atoms with Crippen molar-refractivity contribution in [2.24, 2.45) is 5.73 Å². The number of aliphatic carboxylic acids is 1. The maximum Gasteiger partial charge on any atom is 0.323 e. The van der Waals surface area contributed by atoms with E-state index in [4.69, 9.17) is 5.73 Å². The molecule has 0 heterocycles. The molecule has 0 aromatic rings. The van der Waals surface area contributed by atoms with E-state index in [1.807, 2.05) is 66.8 Å². The van der Waals surface area contributed by atoms with Gasteiger partial charge in [-0.2, -0.15) is 12.6 Å². The van der Waals surface area contributed by atoms with Crippen molar-refractivity contribution in [2.45, 2.75) is 31.3 Å². The van der Waals surface area contributed by atoms with Gasteiger partial charge in [0.15, 0.2) is 0 Å². The lowest BCUT2D eigenvalue weighted by Crippen LogP contribution is -2.53. The number of urea groups is 1. The van der Waals surface area contributed by atoms with Gasteiger partial charge in [0.1, 0.15) is 6.04 Å². The van der Waals surface area contributed by atoms with Gasteiger partial charge in [-0.05, 0) is 31.4 Å². The molecule has 2 atom stereocenters. The van der Waals surface area contributed by atoms with Gasteiger partial charge in [-0.15, -0.1) is 11.8 Å². The number of carboxylic acids is 1. The Labute approximate surface area is 216 Å². The average molecular weight is 522 g/mol. The largest absolute Gasteiger partial charge is 0.480 e. The first kappa shape index (κ1) is 30.3. The average Bonchev–Trinajstić information content (AvgIpc) is 2.83. The number of thiol groups is 1. The summed E-state index contributed by atoms with van der Waals surface area (Å²) < 4.78 is 0. The van der Waals surface area contributed by atoms with Crippen molar-refractivity contribution in [1.82, 2.24) is 21.5 Å². The zero-order valence-corrected chi connectivity index (χ0v) is 21.3. The van der Waals surface area contributed by atoms with Crippen molar-refractivity contribution in [3.63, 3.8) is 0 Å². The summed E-state index contributed by atoms with van der Waals surface area (Å²) in [7, 11) is 0. The molecular weight excluding hydrogens is 486 g/mol. The molecule has 0 fully saturated rings. The van der Waals surface area contributed by atoms with E-state index in [9.17, 15) is 19.5 Å². The summed E-state index contributed by atoms with van der Waals surface area (Å²) in [6.45, 7) is 0.951. The summed E-state index contributed by atoms with van der Waals surface area (Å²) in [6.07, 6.45) is 22.5. The highest BCUT2D eigenvalue weighted by molar-refractivity contribution is 8.03. The third-order valence-corrected chi connectivity index (χ3v) is 5.78. The molecular formula is C24H35N5O4S2. The highest BCUT2D eigenvalue weighted by atomic mass is 32.2. The van der Waals surface area contributed by atoms with E-state index in [2.05, 4.69) is 34.1 Å². The first-order valence-electron chi connectivity index (χ1n) is 11.3. The minimum Gasteiger partial charge on any atom is -0.480 e. The fraction of sp³-hybridized carbons (Fsp3) is 0.375. The number of carboxylic acid groups (broad SMARTS) is 1. The van der Waals surface area contributed by atoms with E-state index in [0.29, 0.717) is 38.1 Å². The van der Waals surface area contributed by atoms with Crippen molar-refractivity contribution in [3.05, 3.63) is 71.7 Å². The molecule has 2 unspecified atom stereocenters. The summed E-state index contributed by atoms with van der Waals surface area (Å²) in [4.78, 5) is 36.2. The summed E-state index contributed by atoms with van der Waals surface area (Å²) in [6, 6.07) is -2.06. The monoisotopic (exact) mass is 521 g/mol. The number of amides is 3. The second-order valence-corrected chi connectivity index (χ2v) is 8.85. The van der Waals surface area contributed by atoms with E-state index in [1.165, 1.54) is 11.8 Å². The van der Waals surface area contributed by atoms with Crippen LogP contribution in [0.4, 0.5) is 4.79 Å². The van der Waals surface area contributed by atoms with Crippen LogP contribution < -0.4 is 27.2 Å². The quantitative estimate of drug-likeness (QED) is 0.105. The fourth-order valence-corrected chi connectivity index (χ4v) is 3.61. The van der Waals surface area contributed by atoms with Crippen LogP contribution in [0, 0.1) is 0 Å². The number of hydrogen-bond acceptors (Lipinski definition) is 7. The molecule has 3 amide bonds. The number of hydrogen-bond donors (Lipinski definition) is 7. The van der Waals surface area contributed by atoms with Gasteiger partial charge < -0.3 is 21.5 Å². The summed E-state index contributed by atoms with van der Waals surface area (Å²) in [5.41, 5.74) is 10.9. The SMILES string of the molecule is NC(CCCCNC(=O)NCCS)C(=O)NNC(CSC1=C/C=C\C=C/C=C\C=C/C=C\1)C(=O)O. The molecule has 192 valence electrons. The van der Waals surface area contributed by atoms with Gasteiger partial charge in [0, 0.05) is 29.5 Å². The molecule has 7 N–H and O–H groups in total. The molecule has 0 bridgehead atoms. The van der Waals surface area contributed by atoms with E-state index in [-0.39, 0.29) is 11.8 Å². The van der Waals surface area contributed by atoms with Gasteiger partial charge in [-0.25, -0.2) is 10.2 Å². The van der Waals surface area contributed by atoms with Crippen LogP contribution in [0.15, 0.2) is 71.7 Å². The molecule has 0 aromatic heterocycles. The molecule has 0 aromatic carbocycles. The third kappa shape index (κ3) is 15.7. The van der Waals surface area contributed by atoms with Crippen molar-refractivity contribution >= 4 is 42.3 Å². The van der Waals surface area contributed by atoms with Gasteiger partial charge >= 0.3 is 12.0 Å². The van der Waals surface area contributed by atoms with E-state index in [0.717, 1.165) is 4.91 Å². The fourth-order valence-electron chi connectivity index (χ4n) is 2.56. The molecule has 0 aliphatic heterocycles. The Balaban J connectivity index is 2.42. The lowest BCUT2D eigenvalue weighted by atomic mass is 10.1. The van der Waals surface area contributed by atoms with E-state index >= 15 is 0 Å². The number of carbonyl (C=O) groups is 3. The number of nitrogens with one attached hydrogen (secondary N) is 4. The van der Waals surface area contributed by atoms with Crippen LogP contribution in [-0.4, -0.2) is 59.7 Å². The minimum absolute atomic E-state index is 0.190. The Morgan fingerprint density at radius 2 is 1.57 bits per heavy atom. The highest BCUT2D eigenvalue weighted by Crippen LogP contribution is 2.19. The van der Waals surface area contributed by atoms with Crippen LogP contribution in [0.3, 0.4) is 0 Å². The maximum atomic E-state index is 12.2. The zero-order valence-electron chi connectivity index (χ0n) is 19.6. The molecule has 0 saturated carbocycles. The number of hydrazine groups is 1. The summed E-state index contributed by atoms with van der Waals surface area (Å²) in [5.74, 6) is -0.824. The first-order valence-corrected chi connectivity index (χ1v) is 12.9.